The highest BCUT2D eigenvalue weighted by atomic mass is 32.2. The summed E-state index contributed by atoms with van der Waals surface area (Å²) in [6.07, 6.45) is 0.830. The zero-order valence-corrected chi connectivity index (χ0v) is 15.4. The Kier molecular flexibility index (Phi) is 4.42. The number of sulfonamides is 1. The fourth-order valence-electron chi connectivity index (χ4n) is 3.65. The topological polar surface area (TPSA) is 46.6 Å². The summed E-state index contributed by atoms with van der Waals surface area (Å²) in [6, 6.07) is 21.0. The number of benzene rings is 3. The van der Waals surface area contributed by atoms with Crippen LogP contribution in [0.1, 0.15) is 17.9 Å². The van der Waals surface area contributed by atoms with Gasteiger partial charge in [-0.3, -0.25) is 0 Å². The summed E-state index contributed by atoms with van der Waals surface area (Å²) < 4.78 is 33.3. The Morgan fingerprint density at radius 2 is 1.69 bits per heavy atom. The first kappa shape index (κ1) is 17.1. The Morgan fingerprint density at radius 1 is 0.962 bits per heavy atom. The minimum Gasteiger partial charge on any atom is -0.497 e. The predicted octanol–water partition coefficient (Wildman–Crippen LogP) is 4.03. The highest BCUT2D eigenvalue weighted by Crippen LogP contribution is 2.33. The van der Waals surface area contributed by atoms with E-state index in [0.717, 1.165) is 28.5 Å². The van der Waals surface area contributed by atoms with Gasteiger partial charge in [0.2, 0.25) is 10.0 Å². The standard InChI is InChI=1S/C21H21NO3S/c1-25-19-11-9-16(10-12-19)18-13-14-22(15-18)26(23,24)21-8-4-6-17-5-2-3-7-20(17)21/h2-12,18H,13-15H2,1H3. The van der Waals surface area contributed by atoms with Crippen molar-refractivity contribution >= 4 is 20.8 Å². The predicted molar refractivity (Wildman–Crippen MR) is 103 cm³/mol. The van der Waals surface area contributed by atoms with Crippen LogP contribution in [0.3, 0.4) is 0 Å². The second-order valence-corrected chi connectivity index (χ2v) is 8.51. The van der Waals surface area contributed by atoms with Gasteiger partial charge in [0.05, 0.1) is 12.0 Å². The Bertz CT molecular complexity index is 1020. The van der Waals surface area contributed by atoms with E-state index in [0.29, 0.717) is 18.0 Å². The third kappa shape index (κ3) is 2.97. The van der Waals surface area contributed by atoms with Crippen LogP contribution in [0.5, 0.6) is 5.75 Å². The molecule has 3 aromatic rings. The number of rotatable bonds is 4. The van der Waals surface area contributed by atoms with E-state index >= 15 is 0 Å². The molecule has 1 heterocycles. The summed E-state index contributed by atoms with van der Waals surface area (Å²) >= 11 is 0. The van der Waals surface area contributed by atoms with Crippen LogP contribution in [-0.4, -0.2) is 32.9 Å². The molecule has 1 aliphatic rings. The van der Waals surface area contributed by atoms with Gasteiger partial charge < -0.3 is 4.74 Å². The Morgan fingerprint density at radius 3 is 2.46 bits per heavy atom. The first-order valence-corrected chi connectivity index (χ1v) is 10.2. The Labute approximate surface area is 154 Å². The molecule has 1 fully saturated rings. The summed E-state index contributed by atoms with van der Waals surface area (Å²) in [5.41, 5.74) is 1.15. The van der Waals surface area contributed by atoms with Crippen molar-refractivity contribution in [1.29, 1.82) is 0 Å². The first-order chi connectivity index (χ1) is 12.6. The van der Waals surface area contributed by atoms with Crippen molar-refractivity contribution < 1.29 is 13.2 Å². The van der Waals surface area contributed by atoms with Gasteiger partial charge in [0.1, 0.15) is 5.75 Å². The smallest absolute Gasteiger partial charge is 0.243 e. The Balaban J connectivity index is 1.62. The molecule has 5 heteroatoms. The van der Waals surface area contributed by atoms with Crippen molar-refractivity contribution in [2.45, 2.75) is 17.2 Å². The van der Waals surface area contributed by atoms with E-state index in [2.05, 4.69) is 0 Å². The lowest BCUT2D eigenvalue weighted by Gasteiger charge is -2.18. The van der Waals surface area contributed by atoms with Crippen LogP contribution in [0.2, 0.25) is 0 Å². The number of methoxy groups -OCH3 is 1. The van der Waals surface area contributed by atoms with Crippen molar-refractivity contribution in [3.63, 3.8) is 0 Å². The highest BCUT2D eigenvalue weighted by molar-refractivity contribution is 7.89. The Hall–Kier alpha value is -2.37. The molecule has 0 amide bonds. The molecule has 0 bridgehead atoms. The third-order valence-corrected chi connectivity index (χ3v) is 7.03. The molecule has 3 aromatic carbocycles. The lowest BCUT2D eigenvalue weighted by atomic mass is 9.99. The molecular formula is C21H21NO3S. The van der Waals surface area contributed by atoms with Crippen molar-refractivity contribution in [1.82, 2.24) is 4.31 Å². The molecule has 0 aromatic heterocycles. The quantitative estimate of drug-likeness (QED) is 0.699. The van der Waals surface area contributed by atoms with Gasteiger partial charge in [-0.1, -0.05) is 48.5 Å². The third-order valence-electron chi connectivity index (χ3n) is 5.11. The van der Waals surface area contributed by atoms with Gasteiger partial charge in [-0.05, 0) is 41.5 Å². The minimum atomic E-state index is -3.51. The van der Waals surface area contributed by atoms with E-state index in [-0.39, 0.29) is 5.92 Å². The molecule has 1 saturated heterocycles. The van der Waals surface area contributed by atoms with Gasteiger partial charge in [0.25, 0.3) is 0 Å². The summed E-state index contributed by atoms with van der Waals surface area (Å²) in [4.78, 5) is 0.394. The van der Waals surface area contributed by atoms with Crippen molar-refractivity contribution in [2.75, 3.05) is 20.2 Å². The molecule has 0 aliphatic carbocycles. The van der Waals surface area contributed by atoms with E-state index in [1.807, 2.05) is 60.7 Å². The van der Waals surface area contributed by atoms with Crippen LogP contribution in [0.25, 0.3) is 10.8 Å². The summed E-state index contributed by atoms with van der Waals surface area (Å²) in [7, 11) is -1.87. The molecule has 26 heavy (non-hydrogen) atoms. The molecular weight excluding hydrogens is 346 g/mol. The number of ether oxygens (including phenoxy) is 1. The van der Waals surface area contributed by atoms with E-state index in [1.54, 1.807) is 17.5 Å². The molecule has 1 unspecified atom stereocenters. The summed E-state index contributed by atoms with van der Waals surface area (Å²) in [5.74, 6) is 1.03. The van der Waals surface area contributed by atoms with Gasteiger partial charge in [-0.2, -0.15) is 4.31 Å². The lowest BCUT2D eigenvalue weighted by molar-refractivity contribution is 0.414. The van der Waals surface area contributed by atoms with E-state index in [1.165, 1.54) is 0 Å². The van der Waals surface area contributed by atoms with Crippen LogP contribution in [-0.2, 0) is 10.0 Å². The molecule has 1 aliphatic heterocycles. The van der Waals surface area contributed by atoms with Crippen molar-refractivity contribution in [3.05, 3.63) is 72.3 Å². The fraction of sp³-hybridized carbons (Fsp3) is 0.238. The van der Waals surface area contributed by atoms with Gasteiger partial charge in [0, 0.05) is 18.5 Å². The number of hydrogen-bond acceptors (Lipinski definition) is 3. The monoisotopic (exact) mass is 367 g/mol. The number of fused-ring (bicyclic) bond motifs is 1. The molecule has 0 radical (unpaired) electrons. The fourth-order valence-corrected chi connectivity index (χ4v) is 5.37. The molecule has 0 spiro atoms. The van der Waals surface area contributed by atoms with E-state index in [4.69, 9.17) is 4.74 Å². The zero-order valence-electron chi connectivity index (χ0n) is 14.6. The molecule has 0 N–H and O–H groups in total. The average Bonchev–Trinajstić information content (AvgIpc) is 3.18. The van der Waals surface area contributed by atoms with Crippen molar-refractivity contribution in [2.24, 2.45) is 0 Å². The van der Waals surface area contributed by atoms with Crippen LogP contribution in [0.4, 0.5) is 0 Å². The SMILES string of the molecule is COc1ccc(C2CCN(S(=O)(=O)c3cccc4ccccc34)C2)cc1. The normalized spacial score (nSPS) is 18.3. The van der Waals surface area contributed by atoms with Crippen molar-refractivity contribution in [3.8, 4) is 5.75 Å². The molecule has 134 valence electrons. The zero-order chi connectivity index (χ0) is 18.1. The van der Waals surface area contributed by atoms with Crippen LogP contribution in [0.15, 0.2) is 71.6 Å². The summed E-state index contributed by atoms with van der Waals surface area (Å²) in [5, 5.41) is 1.72. The number of hydrogen-bond donors (Lipinski definition) is 0. The molecule has 0 saturated carbocycles. The van der Waals surface area contributed by atoms with Gasteiger partial charge in [-0.15, -0.1) is 0 Å². The van der Waals surface area contributed by atoms with Crippen LogP contribution < -0.4 is 4.74 Å². The highest BCUT2D eigenvalue weighted by Gasteiger charge is 2.34. The molecule has 4 nitrogen and oxygen atoms in total. The average molecular weight is 367 g/mol. The van der Waals surface area contributed by atoms with E-state index < -0.39 is 10.0 Å². The van der Waals surface area contributed by atoms with Gasteiger partial charge in [-0.25, -0.2) is 8.42 Å². The minimum absolute atomic E-state index is 0.214. The maximum atomic E-state index is 13.2. The van der Waals surface area contributed by atoms with Crippen LogP contribution in [0, 0.1) is 0 Å². The first-order valence-electron chi connectivity index (χ1n) is 8.71. The lowest BCUT2D eigenvalue weighted by Crippen LogP contribution is -2.28. The van der Waals surface area contributed by atoms with Crippen LogP contribution >= 0.6 is 0 Å². The van der Waals surface area contributed by atoms with Gasteiger partial charge in [0.15, 0.2) is 0 Å². The second-order valence-electron chi connectivity index (χ2n) is 6.60. The molecule has 1 atom stereocenters. The summed E-state index contributed by atoms with van der Waals surface area (Å²) in [6.45, 7) is 1.06. The number of nitrogens with zero attached hydrogens (tertiary/aromatic N) is 1. The van der Waals surface area contributed by atoms with Gasteiger partial charge >= 0.3 is 0 Å². The maximum Gasteiger partial charge on any atom is 0.243 e. The van der Waals surface area contributed by atoms with E-state index in [9.17, 15) is 8.42 Å². The maximum absolute atomic E-state index is 13.2. The second kappa shape index (κ2) is 6.74. The largest absolute Gasteiger partial charge is 0.497 e. The molecule has 4 rings (SSSR count).